The standard InChI is InChI=1S/4C4H9.Mn.H3N.4O/c4*1-3-4-2;;;;;;/h4*1,3-4H2,2H3;;1H3;;;;/q4*-1;;;;;;-1/p+1. The first-order valence-electron chi connectivity index (χ1n) is 7.45. The van der Waals surface area contributed by atoms with E-state index in [4.69, 9.17) is 15.7 Å². The minimum atomic E-state index is -5.62. The van der Waals surface area contributed by atoms with Gasteiger partial charge in [0, 0.05) is 0 Å². The van der Waals surface area contributed by atoms with Gasteiger partial charge in [0.1, 0.15) is 0 Å². The molecule has 0 aliphatic heterocycles. The van der Waals surface area contributed by atoms with Crippen molar-refractivity contribution in [2.24, 2.45) is 0 Å². The molecule has 0 heterocycles. The summed E-state index contributed by atoms with van der Waals surface area (Å²) in [5.41, 5.74) is 0. The van der Waals surface area contributed by atoms with Crippen molar-refractivity contribution in [2.75, 3.05) is 0 Å². The molecule has 22 heavy (non-hydrogen) atoms. The van der Waals surface area contributed by atoms with Crippen LogP contribution in [0.2, 0.25) is 0 Å². The van der Waals surface area contributed by atoms with E-state index in [2.05, 4.69) is 55.4 Å². The van der Waals surface area contributed by atoms with Crippen LogP contribution in [-0.2, 0) is 24.5 Å². The first kappa shape index (κ1) is 37.8. The van der Waals surface area contributed by atoms with Gasteiger partial charge in [-0.2, -0.15) is 25.7 Å². The van der Waals surface area contributed by atoms with E-state index >= 15 is 0 Å². The zero-order valence-corrected chi connectivity index (χ0v) is 16.7. The van der Waals surface area contributed by atoms with Crippen LogP contribution < -0.4 is 10.3 Å². The Labute approximate surface area is 142 Å². The quantitative estimate of drug-likeness (QED) is 0.537. The van der Waals surface area contributed by atoms with Gasteiger partial charge in [-0.1, -0.05) is 53.4 Å². The molecule has 0 bridgehead atoms. The summed E-state index contributed by atoms with van der Waals surface area (Å²) in [6.45, 7) is 22.9. The maximum absolute atomic E-state index is 8.58. The van der Waals surface area contributed by atoms with Crippen molar-refractivity contribution in [3.8, 4) is 0 Å². The molecule has 0 fully saturated rings. The Bertz CT molecular complexity index is 221. The summed E-state index contributed by atoms with van der Waals surface area (Å²) < 4.78 is 34.3. The molecule has 0 amide bonds. The molecule has 0 saturated carbocycles. The predicted molar refractivity (Wildman–Crippen MR) is 89.1 cm³/mol. The molecule has 0 radical (unpaired) electrons. The van der Waals surface area contributed by atoms with Crippen LogP contribution in [0.4, 0.5) is 0 Å². The minimum absolute atomic E-state index is 0. The van der Waals surface area contributed by atoms with Crippen molar-refractivity contribution >= 4 is 0 Å². The fraction of sp³-hybridized carbons (Fsp3) is 0.750. The molecule has 0 saturated heterocycles. The Hall–Kier alpha value is -0.161. The van der Waals surface area contributed by atoms with Crippen molar-refractivity contribution in [3.63, 3.8) is 0 Å². The van der Waals surface area contributed by atoms with Crippen molar-refractivity contribution in [1.29, 1.82) is 0 Å². The van der Waals surface area contributed by atoms with Crippen molar-refractivity contribution in [3.05, 3.63) is 27.7 Å². The Balaban J connectivity index is -0.0000000361. The number of unbranched alkanes of at least 4 members (excludes halogenated alkanes) is 4. The summed E-state index contributed by atoms with van der Waals surface area (Å²) in [5, 5.41) is 0. The second-order valence-corrected chi connectivity index (χ2v) is 4.97. The molecule has 0 unspecified atom stereocenters. The average molecular weight is 365 g/mol. The Morgan fingerprint density at radius 2 is 0.682 bits per heavy atom. The summed E-state index contributed by atoms with van der Waals surface area (Å²) in [5.74, 6) is 0. The van der Waals surface area contributed by atoms with Gasteiger partial charge in [-0.15, -0.1) is 0 Å². The van der Waals surface area contributed by atoms with Gasteiger partial charge in [0.2, 0.25) is 0 Å². The van der Waals surface area contributed by atoms with Gasteiger partial charge in [0.25, 0.3) is 0 Å². The van der Waals surface area contributed by atoms with Crippen LogP contribution in [0.25, 0.3) is 0 Å². The molecule has 0 spiro atoms. The molecule has 0 aromatic heterocycles. The molecule has 0 aliphatic carbocycles. The van der Waals surface area contributed by atoms with Gasteiger partial charge in [-0.05, 0) is 0 Å². The summed E-state index contributed by atoms with van der Waals surface area (Å²) in [7, 11) is 0. The molecule has 6 heteroatoms. The molecule has 0 aromatic rings. The zero-order valence-electron chi connectivity index (χ0n) is 15.5. The van der Waals surface area contributed by atoms with Gasteiger partial charge in [0.15, 0.2) is 0 Å². The second kappa shape index (κ2) is 42.8. The number of rotatable bonds is 4. The molecule has 144 valence electrons. The van der Waals surface area contributed by atoms with E-state index in [1.165, 1.54) is 25.7 Å². The third-order valence-corrected chi connectivity index (χ3v) is 1.41. The van der Waals surface area contributed by atoms with Crippen LogP contribution in [0.15, 0.2) is 0 Å². The van der Waals surface area contributed by atoms with E-state index in [0.29, 0.717) is 0 Å². The summed E-state index contributed by atoms with van der Waals surface area (Å²) >= 11 is -5.62. The van der Waals surface area contributed by atoms with Crippen LogP contribution in [0, 0.1) is 27.7 Å². The summed E-state index contributed by atoms with van der Waals surface area (Å²) in [6, 6.07) is 0. The fourth-order valence-corrected chi connectivity index (χ4v) is 0. The molecule has 0 rings (SSSR count). The van der Waals surface area contributed by atoms with E-state index < -0.39 is 13.0 Å². The van der Waals surface area contributed by atoms with Gasteiger partial charge < -0.3 is 33.8 Å². The van der Waals surface area contributed by atoms with Crippen LogP contribution in [0.5, 0.6) is 0 Å². The Morgan fingerprint density at radius 1 is 0.636 bits per heavy atom. The van der Waals surface area contributed by atoms with E-state index in [0.717, 1.165) is 25.7 Å². The predicted octanol–water partition coefficient (Wildman–Crippen LogP) is 5.31. The van der Waals surface area contributed by atoms with E-state index in [-0.39, 0.29) is 6.15 Å². The van der Waals surface area contributed by atoms with E-state index in [1.54, 1.807) is 0 Å². The van der Waals surface area contributed by atoms with Crippen LogP contribution in [0.1, 0.15) is 79.1 Å². The number of quaternary nitrogens is 1. The van der Waals surface area contributed by atoms with Crippen LogP contribution in [-0.4, -0.2) is 0 Å². The third kappa shape index (κ3) is 478. The van der Waals surface area contributed by atoms with Crippen LogP contribution >= 0.6 is 0 Å². The third-order valence-electron chi connectivity index (χ3n) is 1.41. The Kier molecular flexibility index (Phi) is 73.6. The van der Waals surface area contributed by atoms with Crippen molar-refractivity contribution in [2.45, 2.75) is 79.1 Å². The van der Waals surface area contributed by atoms with Gasteiger partial charge in [-0.25, -0.2) is 0 Å². The summed E-state index contributed by atoms with van der Waals surface area (Å²) in [6.07, 6.45) is 9.11. The number of hydrogen-bond acceptors (Lipinski definition) is 4. The molecular formula is C16H40MnNO4-4. The van der Waals surface area contributed by atoms with Gasteiger partial charge in [-0.3, -0.25) is 0 Å². The fourth-order valence-electron chi connectivity index (χ4n) is 0. The number of hydrogen-bond donors (Lipinski definition) is 1. The molecule has 0 atom stereocenters. The maximum atomic E-state index is 8.58. The Morgan fingerprint density at radius 3 is 0.682 bits per heavy atom. The zero-order chi connectivity index (χ0) is 18.2. The first-order chi connectivity index (χ1) is 9.66. The van der Waals surface area contributed by atoms with Gasteiger partial charge >= 0.3 is 28.7 Å². The molecule has 0 aromatic carbocycles. The van der Waals surface area contributed by atoms with Crippen LogP contribution in [0.3, 0.4) is 0 Å². The molecular weight excluding hydrogens is 325 g/mol. The van der Waals surface area contributed by atoms with Crippen molar-refractivity contribution in [1.82, 2.24) is 6.15 Å². The molecule has 0 aliphatic rings. The van der Waals surface area contributed by atoms with Crippen molar-refractivity contribution < 1.29 is 28.7 Å². The first-order valence-corrected chi connectivity index (χ1v) is 9.37. The summed E-state index contributed by atoms with van der Waals surface area (Å²) in [4.78, 5) is 0. The monoisotopic (exact) mass is 365 g/mol. The normalized spacial score (nSPS) is 8.05. The second-order valence-electron chi connectivity index (χ2n) is 3.79. The molecule has 5 nitrogen and oxygen atoms in total. The topological polar surface area (TPSA) is 111 Å². The molecule has 4 N–H and O–H groups in total. The SMILES string of the molecule is [CH2-]CCC.[CH2-]CCC.[CH2-]CCC.[CH2-]CCC.[NH4+].[O]=[Mn](=[O])(=[O])[O-]. The van der Waals surface area contributed by atoms with Gasteiger partial charge in [0.05, 0.1) is 0 Å². The van der Waals surface area contributed by atoms with E-state index in [1.807, 2.05) is 0 Å². The average Bonchev–Trinajstić information content (AvgIpc) is 2.45. The van der Waals surface area contributed by atoms with E-state index in [9.17, 15) is 0 Å².